The van der Waals surface area contributed by atoms with Crippen LogP contribution in [-0.4, -0.2) is 23.9 Å². The third-order valence-corrected chi connectivity index (χ3v) is 3.21. The Kier molecular flexibility index (Phi) is 3.09. The van der Waals surface area contributed by atoms with E-state index < -0.39 is 0 Å². The quantitative estimate of drug-likeness (QED) is 0.747. The van der Waals surface area contributed by atoms with Crippen molar-refractivity contribution in [1.29, 1.82) is 0 Å². The fraction of sp³-hybridized carbons (Fsp3) is 0.583. The molecule has 0 atom stereocenters. The highest BCUT2D eigenvalue weighted by molar-refractivity contribution is 5.93. The van der Waals surface area contributed by atoms with Crippen LogP contribution in [0.15, 0.2) is 23.0 Å². The van der Waals surface area contributed by atoms with Crippen molar-refractivity contribution in [1.82, 2.24) is 4.90 Å². The molecule has 3 nitrogen and oxygen atoms in total. The molecule has 15 heavy (non-hydrogen) atoms. The van der Waals surface area contributed by atoms with E-state index in [9.17, 15) is 4.79 Å². The van der Waals surface area contributed by atoms with Crippen LogP contribution >= 0.6 is 0 Å². The van der Waals surface area contributed by atoms with Gasteiger partial charge < -0.3 is 9.32 Å². The van der Waals surface area contributed by atoms with Gasteiger partial charge in [0.1, 0.15) is 6.26 Å². The van der Waals surface area contributed by atoms with Crippen molar-refractivity contribution in [3.8, 4) is 0 Å². The molecule has 0 bridgehead atoms. The zero-order valence-corrected chi connectivity index (χ0v) is 9.11. The summed E-state index contributed by atoms with van der Waals surface area (Å²) in [6.45, 7) is 0. The van der Waals surface area contributed by atoms with Crippen molar-refractivity contribution < 1.29 is 9.21 Å². The molecule has 1 aliphatic rings. The van der Waals surface area contributed by atoms with Gasteiger partial charge in [-0.25, -0.2) is 0 Å². The zero-order chi connectivity index (χ0) is 10.7. The number of nitrogens with zero attached hydrogens (tertiary/aromatic N) is 1. The fourth-order valence-electron chi connectivity index (χ4n) is 2.22. The highest BCUT2D eigenvalue weighted by Crippen LogP contribution is 2.22. The molecule has 0 aromatic carbocycles. The van der Waals surface area contributed by atoms with Gasteiger partial charge in [-0.1, -0.05) is 19.3 Å². The van der Waals surface area contributed by atoms with Crippen LogP contribution in [-0.2, 0) is 0 Å². The van der Waals surface area contributed by atoms with Crippen LogP contribution in [0.1, 0.15) is 42.5 Å². The summed E-state index contributed by atoms with van der Waals surface area (Å²) >= 11 is 0. The summed E-state index contributed by atoms with van der Waals surface area (Å²) < 4.78 is 4.93. The lowest BCUT2D eigenvalue weighted by Crippen LogP contribution is -2.38. The van der Waals surface area contributed by atoms with Crippen LogP contribution < -0.4 is 0 Å². The van der Waals surface area contributed by atoms with Crippen LogP contribution in [0.25, 0.3) is 0 Å². The lowest BCUT2D eigenvalue weighted by Gasteiger charge is -2.30. The number of hydrogen-bond donors (Lipinski definition) is 0. The van der Waals surface area contributed by atoms with Crippen molar-refractivity contribution in [2.45, 2.75) is 38.1 Å². The van der Waals surface area contributed by atoms with Gasteiger partial charge in [0.2, 0.25) is 0 Å². The fourth-order valence-corrected chi connectivity index (χ4v) is 2.22. The second-order valence-corrected chi connectivity index (χ2v) is 4.22. The molecule has 0 N–H and O–H groups in total. The maximum Gasteiger partial charge on any atom is 0.257 e. The maximum atomic E-state index is 12.0. The van der Waals surface area contributed by atoms with Crippen LogP contribution in [0.3, 0.4) is 0 Å². The number of carbonyl (C=O) groups is 1. The van der Waals surface area contributed by atoms with Crippen molar-refractivity contribution in [2.75, 3.05) is 7.05 Å². The number of hydrogen-bond acceptors (Lipinski definition) is 2. The maximum absolute atomic E-state index is 12.0. The van der Waals surface area contributed by atoms with E-state index in [1.54, 1.807) is 12.3 Å². The Balaban J connectivity index is 2.00. The van der Waals surface area contributed by atoms with Crippen LogP contribution in [0.2, 0.25) is 0 Å². The van der Waals surface area contributed by atoms with Crippen molar-refractivity contribution >= 4 is 5.91 Å². The lowest BCUT2D eigenvalue weighted by molar-refractivity contribution is 0.0695. The van der Waals surface area contributed by atoms with E-state index in [4.69, 9.17) is 4.42 Å². The second-order valence-electron chi connectivity index (χ2n) is 4.22. The summed E-state index contributed by atoms with van der Waals surface area (Å²) in [4.78, 5) is 13.8. The Hall–Kier alpha value is -1.25. The number of carbonyl (C=O) groups excluding carboxylic acids is 1. The molecular weight excluding hydrogens is 190 g/mol. The minimum Gasteiger partial charge on any atom is -0.472 e. The summed E-state index contributed by atoms with van der Waals surface area (Å²) in [5.74, 6) is 0.0793. The molecule has 82 valence electrons. The summed E-state index contributed by atoms with van der Waals surface area (Å²) in [5, 5.41) is 0. The van der Waals surface area contributed by atoms with E-state index in [2.05, 4.69) is 0 Å². The molecule has 3 heteroatoms. The summed E-state index contributed by atoms with van der Waals surface area (Å²) in [6.07, 6.45) is 9.13. The molecule has 0 spiro atoms. The molecule has 1 aromatic rings. The topological polar surface area (TPSA) is 33.5 Å². The summed E-state index contributed by atoms with van der Waals surface area (Å²) in [5.41, 5.74) is 0.656. The van der Waals surface area contributed by atoms with E-state index >= 15 is 0 Å². The van der Waals surface area contributed by atoms with Crippen molar-refractivity contribution in [2.24, 2.45) is 0 Å². The average Bonchev–Trinajstić information content (AvgIpc) is 2.82. The van der Waals surface area contributed by atoms with Gasteiger partial charge in [-0.05, 0) is 18.9 Å². The Morgan fingerprint density at radius 2 is 2.13 bits per heavy atom. The molecule has 1 amide bonds. The highest BCUT2D eigenvalue weighted by Gasteiger charge is 2.23. The first-order valence-corrected chi connectivity index (χ1v) is 5.58. The first-order chi connectivity index (χ1) is 7.29. The highest BCUT2D eigenvalue weighted by atomic mass is 16.3. The number of amides is 1. The molecule has 1 heterocycles. The van der Waals surface area contributed by atoms with E-state index in [0.29, 0.717) is 11.6 Å². The minimum atomic E-state index is 0.0793. The molecular formula is C12H17NO2. The third-order valence-electron chi connectivity index (χ3n) is 3.21. The SMILES string of the molecule is CN(C(=O)c1ccoc1)C1CCCCC1. The lowest BCUT2D eigenvalue weighted by atomic mass is 9.94. The van der Waals surface area contributed by atoms with Gasteiger partial charge in [-0.2, -0.15) is 0 Å². The first kappa shape index (κ1) is 10.3. The molecule has 0 saturated heterocycles. The van der Waals surface area contributed by atoms with E-state index in [0.717, 1.165) is 12.8 Å². The minimum absolute atomic E-state index is 0.0793. The smallest absolute Gasteiger partial charge is 0.257 e. The Bertz CT molecular complexity index is 312. The molecule has 1 fully saturated rings. The largest absolute Gasteiger partial charge is 0.472 e. The van der Waals surface area contributed by atoms with Crippen molar-refractivity contribution in [3.63, 3.8) is 0 Å². The normalized spacial score (nSPS) is 17.7. The molecule has 1 saturated carbocycles. The molecule has 0 unspecified atom stereocenters. The predicted octanol–water partition coefficient (Wildman–Crippen LogP) is 2.68. The molecule has 0 radical (unpaired) electrons. The van der Waals surface area contributed by atoms with Crippen LogP contribution in [0.4, 0.5) is 0 Å². The standard InChI is InChI=1S/C12H17NO2/c1-13(11-5-3-2-4-6-11)12(14)10-7-8-15-9-10/h7-9,11H,2-6H2,1H3. The Morgan fingerprint density at radius 3 is 2.73 bits per heavy atom. The second kappa shape index (κ2) is 4.51. The monoisotopic (exact) mass is 207 g/mol. The summed E-state index contributed by atoms with van der Waals surface area (Å²) in [7, 11) is 1.89. The average molecular weight is 207 g/mol. The number of furan rings is 1. The van der Waals surface area contributed by atoms with Gasteiger partial charge in [0.15, 0.2) is 0 Å². The number of rotatable bonds is 2. The van der Waals surface area contributed by atoms with E-state index in [1.165, 1.54) is 25.5 Å². The molecule has 1 aliphatic carbocycles. The summed E-state index contributed by atoms with van der Waals surface area (Å²) in [6, 6.07) is 2.14. The molecule has 1 aromatic heterocycles. The molecule has 2 rings (SSSR count). The van der Waals surface area contributed by atoms with Gasteiger partial charge in [0, 0.05) is 13.1 Å². The van der Waals surface area contributed by atoms with Gasteiger partial charge in [-0.3, -0.25) is 4.79 Å². The Labute approximate surface area is 90.1 Å². The van der Waals surface area contributed by atoms with Gasteiger partial charge in [0.25, 0.3) is 5.91 Å². The van der Waals surface area contributed by atoms with Gasteiger partial charge in [-0.15, -0.1) is 0 Å². The van der Waals surface area contributed by atoms with Crippen LogP contribution in [0.5, 0.6) is 0 Å². The first-order valence-electron chi connectivity index (χ1n) is 5.58. The third kappa shape index (κ3) is 2.22. The predicted molar refractivity (Wildman–Crippen MR) is 57.7 cm³/mol. The zero-order valence-electron chi connectivity index (χ0n) is 9.11. The van der Waals surface area contributed by atoms with Gasteiger partial charge >= 0.3 is 0 Å². The van der Waals surface area contributed by atoms with Crippen molar-refractivity contribution in [3.05, 3.63) is 24.2 Å². The van der Waals surface area contributed by atoms with E-state index in [1.807, 2.05) is 11.9 Å². The Morgan fingerprint density at radius 1 is 1.40 bits per heavy atom. The van der Waals surface area contributed by atoms with Crippen LogP contribution in [0, 0.1) is 0 Å². The molecule has 0 aliphatic heterocycles. The van der Waals surface area contributed by atoms with E-state index in [-0.39, 0.29) is 5.91 Å². The van der Waals surface area contributed by atoms with Gasteiger partial charge in [0.05, 0.1) is 11.8 Å².